The summed E-state index contributed by atoms with van der Waals surface area (Å²) in [6.45, 7) is 4.82. The molecular formula is C14H23N3O3. The number of aliphatic hydroxyl groups excluding tert-OH is 1. The first-order chi connectivity index (χ1) is 9.69. The average molecular weight is 281 g/mol. The molecule has 0 atom stereocenters. The van der Waals surface area contributed by atoms with Crippen molar-refractivity contribution in [1.29, 1.82) is 5.26 Å². The molecule has 1 saturated heterocycles. The molecule has 6 nitrogen and oxygen atoms in total. The Bertz CT molecular complexity index is 368. The number of nitrogens with zero attached hydrogens (tertiary/aromatic N) is 2. The van der Waals surface area contributed by atoms with E-state index >= 15 is 0 Å². The standard InChI is InChI=1S/C14H23N3O3/c1-12-2-5-17(6-3-12)14(19)13(10-15)11-16-4-8-20-9-7-18/h11-12,16,18H,2-9H2,1H3/b13-11-. The zero-order valence-corrected chi connectivity index (χ0v) is 12.0. The van der Waals surface area contributed by atoms with E-state index in [2.05, 4.69) is 12.2 Å². The molecule has 0 aromatic heterocycles. The van der Waals surface area contributed by atoms with Crippen LogP contribution < -0.4 is 5.32 Å². The number of hydrogen-bond donors (Lipinski definition) is 2. The average Bonchev–Trinajstić information content (AvgIpc) is 2.47. The Kier molecular flexibility index (Phi) is 7.70. The van der Waals surface area contributed by atoms with Crippen molar-refractivity contribution in [3.8, 4) is 6.07 Å². The number of nitriles is 1. The van der Waals surface area contributed by atoms with Gasteiger partial charge in [-0.2, -0.15) is 5.26 Å². The number of carbonyl (C=O) groups is 1. The summed E-state index contributed by atoms with van der Waals surface area (Å²) in [5.74, 6) is 0.443. The number of hydrogen-bond acceptors (Lipinski definition) is 5. The van der Waals surface area contributed by atoms with Gasteiger partial charge in [0.25, 0.3) is 5.91 Å². The Morgan fingerprint density at radius 3 is 2.80 bits per heavy atom. The lowest BCUT2D eigenvalue weighted by atomic mass is 9.99. The number of piperidine rings is 1. The van der Waals surface area contributed by atoms with Gasteiger partial charge in [0, 0.05) is 25.8 Å². The lowest BCUT2D eigenvalue weighted by Gasteiger charge is -2.30. The number of aliphatic hydroxyl groups is 1. The lowest BCUT2D eigenvalue weighted by Crippen LogP contribution is -2.38. The molecule has 0 radical (unpaired) electrons. The first-order valence-corrected chi connectivity index (χ1v) is 7.00. The Hall–Kier alpha value is -1.58. The number of rotatable bonds is 7. The van der Waals surface area contributed by atoms with Crippen LogP contribution in [0.2, 0.25) is 0 Å². The van der Waals surface area contributed by atoms with E-state index in [0.717, 1.165) is 25.9 Å². The molecule has 1 aliphatic heterocycles. The van der Waals surface area contributed by atoms with Crippen LogP contribution in [0.25, 0.3) is 0 Å². The van der Waals surface area contributed by atoms with Crippen molar-refractivity contribution in [3.05, 3.63) is 11.8 Å². The van der Waals surface area contributed by atoms with Crippen LogP contribution in [-0.2, 0) is 9.53 Å². The van der Waals surface area contributed by atoms with Crippen LogP contribution in [0, 0.1) is 17.2 Å². The van der Waals surface area contributed by atoms with Crippen molar-refractivity contribution < 1.29 is 14.6 Å². The van der Waals surface area contributed by atoms with Crippen LogP contribution in [0.15, 0.2) is 11.8 Å². The minimum Gasteiger partial charge on any atom is -0.394 e. The highest BCUT2D eigenvalue weighted by Crippen LogP contribution is 2.17. The second-order valence-corrected chi connectivity index (χ2v) is 4.93. The predicted molar refractivity (Wildman–Crippen MR) is 74.6 cm³/mol. The van der Waals surface area contributed by atoms with Crippen molar-refractivity contribution in [1.82, 2.24) is 10.2 Å². The van der Waals surface area contributed by atoms with Gasteiger partial charge in [0.1, 0.15) is 11.6 Å². The molecule has 1 fully saturated rings. The number of nitrogens with one attached hydrogen (secondary N) is 1. The second-order valence-electron chi connectivity index (χ2n) is 4.93. The highest BCUT2D eigenvalue weighted by molar-refractivity contribution is 5.97. The second kappa shape index (κ2) is 9.34. The first kappa shape index (κ1) is 16.5. The van der Waals surface area contributed by atoms with Gasteiger partial charge in [-0.1, -0.05) is 6.92 Å². The molecule has 112 valence electrons. The minimum atomic E-state index is -0.205. The first-order valence-electron chi connectivity index (χ1n) is 7.00. The molecule has 0 bridgehead atoms. The van der Waals surface area contributed by atoms with Gasteiger partial charge < -0.3 is 20.1 Å². The normalized spacial score (nSPS) is 16.9. The monoisotopic (exact) mass is 281 g/mol. The van der Waals surface area contributed by atoms with Crippen molar-refractivity contribution in [2.75, 3.05) is 39.5 Å². The quantitative estimate of drug-likeness (QED) is 0.397. The van der Waals surface area contributed by atoms with E-state index < -0.39 is 0 Å². The highest BCUT2D eigenvalue weighted by Gasteiger charge is 2.22. The number of likely N-dealkylation sites (tertiary alicyclic amines) is 1. The van der Waals surface area contributed by atoms with Gasteiger partial charge in [-0.05, 0) is 18.8 Å². The molecule has 1 aliphatic rings. The van der Waals surface area contributed by atoms with E-state index in [1.54, 1.807) is 4.90 Å². The van der Waals surface area contributed by atoms with E-state index in [0.29, 0.717) is 25.7 Å². The zero-order chi connectivity index (χ0) is 14.8. The maximum atomic E-state index is 12.1. The highest BCUT2D eigenvalue weighted by atomic mass is 16.5. The van der Waals surface area contributed by atoms with Crippen LogP contribution in [0.3, 0.4) is 0 Å². The Morgan fingerprint density at radius 2 is 2.20 bits per heavy atom. The third kappa shape index (κ3) is 5.59. The smallest absolute Gasteiger partial charge is 0.265 e. The molecule has 2 N–H and O–H groups in total. The van der Waals surface area contributed by atoms with Crippen LogP contribution >= 0.6 is 0 Å². The molecule has 0 unspecified atom stereocenters. The van der Waals surface area contributed by atoms with Gasteiger partial charge in [0.05, 0.1) is 19.8 Å². The van der Waals surface area contributed by atoms with Gasteiger partial charge in [0.2, 0.25) is 0 Å². The van der Waals surface area contributed by atoms with E-state index in [1.807, 2.05) is 6.07 Å². The van der Waals surface area contributed by atoms with Crippen LogP contribution in [0.1, 0.15) is 19.8 Å². The van der Waals surface area contributed by atoms with Crippen LogP contribution in [0.4, 0.5) is 0 Å². The summed E-state index contributed by atoms with van der Waals surface area (Å²) in [6, 6.07) is 1.94. The van der Waals surface area contributed by atoms with E-state index in [4.69, 9.17) is 15.1 Å². The minimum absolute atomic E-state index is 0.00878. The summed E-state index contributed by atoms with van der Waals surface area (Å²) in [4.78, 5) is 13.9. The Labute approximate surface area is 120 Å². The molecule has 0 saturated carbocycles. The van der Waals surface area contributed by atoms with Crippen LogP contribution in [0.5, 0.6) is 0 Å². The summed E-state index contributed by atoms with van der Waals surface area (Å²) in [5, 5.41) is 20.5. The Morgan fingerprint density at radius 1 is 1.50 bits per heavy atom. The van der Waals surface area contributed by atoms with Gasteiger partial charge in [0.15, 0.2) is 0 Å². The zero-order valence-electron chi connectivity index (χ0n) is 12.0. The molecule has 20 heavy (non-hydrogen) atoms. The summed E-state index contributed by atoms with van der Waals surface area (Å²) in [7, 11) is 0. The number of carbonyl (C=O) groups excluding carboxylic acids is 1. The molecule has 0 aromatic carbocycles. The largest absolute Gasteiger partial charge is 0.394 e. The van der Waals surface area contributed by atoms with Crippen molar-refractivity contribution in [2.45, 2.75) is 19.8 Å². The topological polar surface area (TPSA) is 85.6 Å². The molecule has 1 amide bonds. The third-order valence-electron chi connectivity index (χ3n) is 3.29. The summed E-state index contributed by atoms with van der Waals surface area (Å²) in [5.41, 5.74) is 0.127. The van der Waals surface area contributed by atoms with Gasteiger partial charge in [-0.15, -0.1) is 0 Å². The van der Waals surface area contributed by atoms with Crippen molar-refractivity contribution >= 4 is 5.91 Å². The fourth-order valence-corrected chi connectivity index (χ4v) is 2.00. The van der Waals surface area contributed by atoms with E-state index in [1.165, 1.54) is 6.20 Å². The molecule has 1 rings (SSSR count). The fourth-order valence-electron chi connectivity index (χ4n) is 2.00. The maximum Gasteiger partial charge on any atom is 0.265 e. The van der Waals surface area contributed by atoms with Crippen molar-refractivity contribution in [2.24, 2.45) is 5.92 Å². The molecule has 0 aliphatic carbocycles. The molecule has 6 heteroatoms. The Balaban J connectivity index is 2.36. The molecule has 0 spiro atoms. The van der Waals surface area contributed by atoms with Gasteiger partial charge >= 0.3 is 0 Å². The summed E-state index contributed by atoms with van der Waals surface area (Å²) < 4.78 is 5.07. The number of ether oxygens (including phenoxy) is 1. The fraction of sp³-hybridized carbons (Fsp3) is 0.714. The predicted octanol–water partition coefficient (Wildman–Crippen LogP) is 0.251. The summed E-state index contributed by atoms with van der Waals surface area (Å²) in [6.07, 6.45) is 3.43. The van der Waals surface area contributed by atoms with Gasteiger partial charge in [-0.3, -0.25) is 4.79 Å². The molecule has 0 aromatic rings. The SMILES string of the molecule is CC1CCN(C(=O)/C(C#N)=C\NCCOCCO)CC1. The molecule has 1 heterocycles. The molecular weight excluding hydrogens is 258 g/mol. The maximum absolute atomic E-state index is 12.1. The number of amides is 1. The van der Waals surface area contributed by atoms with Gasteiger partial charge in [-0.25, -0.2) is 0 Å². The summed E-state index contributed by atoms with van der Waals surface area (Å²) >= 11 is 0. The van der Waals surface area contributed by atoms with Crippen molar-refractivity contribution in [3.63, 3.8) is 0 Å². The van der Waals surface area contributed by atoms with Crippen LogP contribution in [-0.4, -0.2) is 55.4 Å². The third-order valence-corrected chi connectivity index (χ3v) is 3.29. The van der Waals surface area contributed by atoms with E-state index in [-0.39, 0.29) is 18.1 Å². The lowest BCUT2D eigenvalue weighted by molar-refractivity contribution is -0.128. The van der Waals surface area contributed by atoms with E-state index in [9.17, 15) is 4.79 Å².